The lowest BCUT2D eigenvalue weighted by Gasteiger charge is -2.30. The molecule has 1 aromatic heterocycles. The summed E-state index contributed by atoms with van der Waals surface area (Å²) in [6.45, 7) is 5.69. The van der Waals surface area contributed by atoms with Crippen LogP contribution in [0.1, 0.15) is 34.7 Å². The van der Waals surface area contributed by atoms with E-state index in [1.54, 1.807) is 37.3 Å². The van der Waals surface area contributed by atoms with E-state index in [0.29, 0.717) is 30.2 Å². The number of fused-ring (bicyclic) bond motifs is 1. The fourth-order valence-corrected chi connectivity index (χ4v) is 3.35. The Morgan fingerprint density at radius 3 is 2.84 bits per heavy atom. The zero-order valence-corrected chi connectivity index (χ0v) is 18.3. The second-order valence-corrected chi connectivity index (χ2v) is 7.81. The van der Waals surface area contributed by atoms with Crippen molar-refractivity contribution in [3.8, 4) is 5.75 Å². The molecule has 9 nitrogen and oxygen atoms in total. The number of anilines is 1. The first-order chi connectivity index (χ1) is 14.9. The van der Waals surface area contributed by atoms with Crippen LogP contribution in [0.25, 0.3) is 0 Å². The van der Waals surface area contributed by atoms with Gasteiger partial charge < -0.3 is 25.0 Å². The van der Waals surface area contributed by atoms with Crippen LogP contribution in [0.2, 0.25) is 0 Å². The van der Waals surface area contributed by atoms with Crippen LogP contribution in [0.5, 0.6) is 5.75 Å². The number of methoxy groups -OCH3 is 1. The number of hydrogen-bond acceptors (Lipinski definition) is 7. The highest BCUT2D eigenvalue weighted by atomic mass is 16.5. The van der Waals surface area contributed by atoms with E-state index < -0.39 is 5.91 Å². The van der Waals surface area contributed by atoms with Crippen molar-refractivity contribution in [1.29, 1.82) is 0 Å². The predicted octanol–water partition coefficient (Wildman–Crippen LogP) is 1.82. The molecule has 0 radical (unpaired) electrons. The zero-order valence-electron chi connectivity index (χ0n) is 18.3. The molecule has 9 heteroatoms. The molecule has 2 amide bonds. The molecule has 2 heterocycles. The van der Waals surface area contributed by atoms with Crippen LogP contribution in [0.3, 0.4) is 0 Å². The number of benzene rings is 1. The Kier molecular flexibility index (Phi) is 7.54. The largest absolute Gasteiger partial charge is 0.491 e. The van der Waals surface area contributed by atoms with Crippen LogP contribution in [0.15, 0.2) is 36.8 Å². The van der Waals surface area contributed by atoms with Gasteiger partial charge in [0.2, 0.25) is 0 Å². The van der Waals surface area contributed by atoms with Crippen molar-refractivity contribution in [1.82, 2.24) is 20.2 Å². The summed E-state index contributed by atoms with van der Waals surface area (Å²) in [6, 6.07) is 5.06. The van der Waals surface area contributed by atoms with Crippen molar-refractivity contribution >= 4 is 17.5 Å². The SMILES string of the molecule is CO[C@@H]1CN(C)C(=O)c2ccc(NC(=O)c3cnccn3)cc2OC[C@@H](C)NC[C@H]1C. The summed E-state index contributed by atoms with van der Waals surface area (Å²) >= 11 is 0. The molecule has 0 unspecified atom stereocenters. The van der Waals surface area contributed by atoms with Crippen LogP contribution in [0.4, 0.5) is 5.69 Å². The Balaban J connectivity index is 1.87. The first-order valence-corrected chi connectivity index (χ1v) is 10.2. The summed E-state index contributed by atoms with van der Waals surface area (Å²) in [5.41, 5.74) is 1.13. The number of hydrogen-bond donors (Lipinski definition) is 2. The molecule has 3 rings (SSSR count). The minimum atomic E-state index is -0.392. The van der Waals surface area contributed by atoms with Crippen LogP contribution >= 0.6 is 0 Å². The van der Waals surface area contributed by atoms with Gasteiger partial charge in [-0.1, -0.05) is 6.92 Å². The number of carbonyl (C=O) groups excluding carboxylic acids is 2. The van der Waals surface area contributed by atoms with Crippen molar-refractivity contribution in [3.63, 3.8) is 0 Å². The normalized spacial score (nSPS) is 22.5. The van der Waals surface area contributed by atoms with Crippen LogP contribution in [-0.2, 0) is 4.74 Å². The lowest BCUT2D eigenvalue weighted by Crippen LogP contribution is -2.44. The molecule has 1 aromatic carbocycles. The maximum Gasteiger partial charge on any atom is 0.275 e. The fraction of sp³-hybridized carbons (Fsp3) is 0.455. The van der Waals surface area contributed by atoms with Gasteiger partial charge in [-0.15, -0.1) is 0 Å². The Labute approximate surface area is 182 Å². The second kappa shape index (κ2) is 10.3. The van der Waals surface area contributed by atoms with Gasteiger partial charge in [0, 0.05) is 57.4 Å². The van der Waals surface area contributed by atoms with E-state index in [1.165, 1.54) is 18.6 Å². The van der Waals surface area contributed by atoms with Crippen molar-refractivity contribution < 1.29 is 19.1 Å². The molecule has 1 aliphatic heterocycles. The topological polar surface area (TPSA) is 106 Å². The molecule has 0 fully saturated rings. The minimum Gasteiger partial charge on any atom is -0.491 e. The summed E-state index contributed by atoms with van der Waals surface area (Å²) in [5.74, 6) is 0.0687. The Bertz CT molecular complexity index is 908. The van der Waals surface area contributed by atoms with E-state index in [2.05, 4.69) is 27.5 Å². The molecule has 0 spiro atoms. The number of amides is 2. The quantitative estimate of drug-likeness (QED) is 0.770. The van der Waals surface area contributed by atoms with E-state index in [4.69, 9.17) is 9.47 Å². The molecule has 0 aliphatic carbocycles. The summed E-state index contributed by atoms with van der Waals surface area (Å²) in [5, 5.41) is 6.22. The molecule has 0 saturated heterocycles. The standard InChI is InChI=1S/C22H29N5O4/c1-14-10-25-15(2)13-31-19-9-16(26-21(28)18-11-23-7-8-24-18)5-6-17(19)22(29)27(3)12-20(14)30-4/h5-9,11,14-15,20,25H,10,12-13H2,1-4H3,(H,26,28)/t14-,15-,20-/m1/s1. The second-order valence-electron chi connectivity index (χ2n) is 7.81. The van der Waals surface area contributed by atoms with Crippen LogP contribution < -0.4 is 15.4 Å². The maximum atomic E-state index is 13.1. The summed E-state index contributed by atoms with van der Waals surface area (Å²) < 4.78 is 11.6. The van der Waals surface area contributed by atoms with Gasteiger partial charge in [-0.3, -0.25) is 14.6 Å². The Hall–Kier alpha value is -3.04. The van der Waals surface area contributed by atoms with Crippen LogP contribution in [0, 0.1) is 5.92 Å². The maximum absolute atomic E-state index is 13.1. The first-order valence-electron chi connectivity index (χ1n) is 10.2. The monoisotopic (exact) mass is 427 g/mol. The van der Waals surface area contributed by atoms with Crippen molar-refractivity contribution in [2.75, 3.05) is 39.2 Å². The lowest BCUT2D eigenvalue weighted by atomic mass is 10.0. The Morgan fingerprint density at radius 1 is 1.32 bits per heavy atom. The van der Waals surface area contributed by atoms with E-state index >= 15 is 0 Å². The molecular formula is C22H29N5O4. The van der Waals surface area contributed by atoms with Gasteiger partial charge in [-0.05, 0) is 25.0 Å². The van der Waals surface area contributed by atoms with Gasteiger partial charge in [0.15, 0.2) is 0 Å². The van der Waals surface area contributed by atoms with Gasteiger partial charge >= 0.3 is 0 Å². The smallest absolute Gasteiger partial charge is 0.275 e. The van der Waals surface area contributed by atoms with Crippen molar-refractivity contribution in [2.24, 2.45) is 5.92 Å². The summed E-state index contributed by atoms with van der Waals surface area (Å²) in [7, 11) is 3.41. The molecule has 0 saturated carbocycles. The predicted molar refractivity (Wildman–Crippen MR) is 116 cm³/mol. The van der Waals surface area contributed by atoms with Crippen molar-refractivity contribution in [2.45, 2.75) is 26.0 Å². The van der Waals surface area contributed by atoms with Crippen molar-refractivity contribution in [3.05, 3.63) is 48.0 Å². The van der Waals surface area contributed by atoms with Gasteiger partial charge in [0.25, 0.3) is 11.8 Å². The molecule has 166 valence electrons. The molecule has 0 bridgehead atoms. The highest BCUT2D eigenvalue weighted by molar-refractivity contribution is 6.03. The van der Waals surface area contributed by atoms with Gasteiger partial charge in [-0.2, -0.15) is 0 Å². The number of carbonyl (C=O) groups is 2. The summed E-state index contributed by atoms with van der Waals surface area (Å²) in [4.78, 5) is 35.1. The number of likely N-dealkylation sites (N-methyl/N-ethyl adjacent to an activating group) is 1. The van der Waals surface area contributed by atoms with E-state index in [1.807, 2.05) is 6.92 Å². The zero-order chi connectivity index (χ0) is 22.4. The average molecular weight is 428 g/mol. The minimum absolute atomic E-state index is 0.0675. The molecule has 2 N–H and O–H groups in total. The van der Waals surface area contributed by atoms with Crippen LogP contribution in [-0.4, -0.2) is 72.7 Å². The lowest BCUT2D eigenvalue weighted by molar-refractivity contribution is 0.0281. The molecule has 2 aromatic rings. The highest BCUT2D eigenvalue weighted by Crippen LogP contribution is 2.26. The molecule has 3 atom stereocenters. The Morgan fingerprint density at radius 2 is 2.13 bits per heavy atom. The van der Waals surface area contributed by atoms with Gasteiger partial charge in [-0.25, -0.2) is 4.98 Å². The van der Waals surface area contributed by atoms with E-state index in [0.717, 1.165) is 6.54 Å². The third-order valence-corrected chi connectivity index (χ3v) is 5.28. The van der Waals surface area contributed by atoms with Gasteiger partial charge in [0.1, 0.15) is 18.1 Å². The first kappa shape index (κ1) is 22.6. The third-order valence-electron chi connectivity index (χ3n) is 5.28. The average Bonchev–Trinajstić information content (AvgIpc) is 2.79. The highest BCUT2D eigenvalue weighted by Gasteiger charge is 2.25. The third kappa shape index (κ3) is 5.77. The van der Waals surface area contributed by atoms with E-state index in [9.17, 15) is 9.59 Å². The number of rotatable bonds is 3. The number of nitrogens with zero attached hydrogens (tertiary/aromatic N) is 3. The fourth-order valence-electron chi connectivity index (χ4n) is 3.35. The molecule has 31 heavy (non-hydrogen) atoms. The number of nitrogens with one attached hydrogen (secondary N) is 2. The van der Waals surface area contributed by atoms with Gasteiger partial charge in [0.05, 0.1) is 17.9 Å². The van der Waals surface area contributed by atoms with E-state index in [-0.39, 0.29) is 29.7 Å². The molecule has 1 aliphatic rings. The molecular weight excluding hydrogens is 398 g/mol. The number of ether oxygens (including phenoxy) is 2. The summed E-state index contributed by atoms with van der Waals surface area (Å²) in [6.07, 6.45) is 4.24. The number of aromatic nitrogens is 2.